The summed E-state index contributed by atoms with van der Waals surface area (Å²) in [4.78, 5) is 23.0. The summed E-state index contributed by atoms with van der Waals surface area (Å²) in [7, 11) is 0. The first-order chi connectivity index (χ1) is 14.1. The largest absolute Gasteiger partial charge is 0.352 e. The first-order valence-electron chi connectivity index (χ1n) is 10.9. The second-order valence-electron chi connectivity index (χ2n) is 8.47. The Balaban J connectivity index is 1.52. The van der Waals surface area contributed by atoms with E-state index in [-0.39, 0.29) is 11.9 Å². The van der Waals surface area contributed by atoms with Gasteiger partial charge in [-0.2, -0.15) is 0 Å². The van der Waals surface area contributed by atoms with Crippen molar-refractivity contribution in [2.75, 3.05) is 32.7 Å². The van der Waals surface area contributed by atoms with Crippen LogP contribution in [-0.4, -0.2) is 65.0 Å². The monoisotopic (exact) mass is 392 g/mol. The molecule has 1 saturated heterocycles. The number of rotatable bonds is 6. The van der Waals surface area contributed by atoms with Gasteiger partial charge in [0, 0.05) is 63.4 Å². The Morgan fingerprint density at radius 2 is 1.72 bits per heavy atom. The Morgan fingerprint density at radius 1 is 1.07 bits per heavy atom. The van der Waals surface area contributed by atoms with Gasteiger partial charge in [0.15, 0.2) is 0 Å². The molecule has 4 rings (SSSR count). The van der Waals surface area contributed by atoms with Crippen LogP contribution in [0, 0.1) is 0 Å². The molecular formula is C24H32N4O. The summed E-state index contributed by atoms with van der Waals surface area (Å²) >= 11 is 0. The Bertz CT molecular complexity index is 805. The van der Waals surface area contributed by atoms with Gasteiger partial charge in [-0.05, 0) is 36.7 Å². The van der Waals surface area contributed by atoms with E-state index in [4.69, 9.17) is 0 Å². The van der Waals surface area contributed by atoms with Gasteiger partial charge >= 0.3 is 0 Å². The van der Waals surface area contributed by atoms with Gasteiger partial charge in [0.05, 0.1) is 0 Å². The number of likely N-dealkylation sites (N-methyl/N-ethyl adjacent to an activating group) is 1. The molecule has 2 aliphatic rings. The van der Waals surface area contributed by atoms with E-state index in [2.05, 4.69) is 58.2 Å². The summed E-state index contributed by atoms with van der Waals surface area (Å²) in [5, 5.41) is 3.33. The van der Waals surface area contributed by atoms with E-state index < -0.39 is 5.54 Å². The zero-order valence-corrected chi connectivity index (χ0v) is 17.6. The predicted octanol–water partition coefficient (Wildman–Crippen LogP) is 2.30. The van der Waals surface area contributed by atoms with Crippen LogP contribution in [0.3, 0.4) is 0 Å². The SMILES string of the molecule is CCN1CCN(C2(C(=O)NC(C)Cc3ccccn3)Cc3ccccc3C2)CC1. The van der Waals surface area contributed by atoms with E-state index in [1.807, 2.05) is 24.4 Å². The highest BCUT2D eigenvalue weighted by atomic mass is 16.2. The maximum atomic E-state index is 13.7. The molecule has 0 bridgehead atoms. The first kappa shape index (κ1) is 20.0. The van der Waals surface area contributed by atoms with Gasteiger partial charge in [0.25, 0.3) is 0 Å². The average Bonchev–Trinajstić information content (AvgIpc) is 3.15. The van der Waals surface area contributed by atoms with Crippen LogP contribution in [0.2, 0.25) is 0 Å². The topological polar surface area (TPSA) is 48.5 Å². The van der Waals surface area contributed by atoms with Crippen LogP contribution in [0.1, 0.15) is 30.7 Å². The number of pyridine rings is 1. The molecule has 1 aliphatic carbocycles. The molecule has 0 saturated carbocycles. The first-order valence-corrected chi connectivity index (χ1v) is 10.9. The minimum Gasteiger partial charge on any atom is -0.352 e. The van der Waals surface area contributed by atoms with Crippen molar-refractivity contribution in [1.82, 2.24) is 20.1 Å². The fraction of sp³-hybridized carbons (Fsp3) is 0.500. The smallest absolute Gasteiger partial charge is 0.241 e. The van der Waals surface area contributed by atoms with Crippen LogP contribution in [0.15, 0.2) is 48.7 Å². The average molecular weight is 393 g/mol. The summed E-state index contributed by atoms with van der Waals surface area (Å²) in [6.07, 6.45) is 4.17. The highest BCUT2D eigenvalue weighted by molar-refractivity contribution is 5.88. The summed E-state index contributed by atoms with van der Waals surface area (Å²) in [6.45, 7) is 9.33. The molecule has 1 aromatic heterocycles. The highest BCUT2D eigenvalue weighted by Crippen LogP contribution is 2.36. The minimum atomic E-state index is -0.470. The van der Waals surface area contributed by atoms with Crippen molar-refractivity contribution in [3.63, 3.8) is 0 Å². The Kier molecular flexibility index (Phi) is 5.97. The normalized spacial score (nSPS) is 20.2. The lowest BCUT2D eigenvalue weighted by Gasteiger charge is -2.45. The Morgan fingerprint density at radius 3 is 2.31 bits per heavy atom. The van der Waals surface area contributed by atoms with E-state index in [9.17, 15) is 4.79 Å². The van der Waals surface area contributed by atoms with Gasteiger partial charge in [-0.3, -0.25) is 14.7 Å². The van der Waals surface area contributed by atoms with Gasteiger partial charge in [0.1, 0.15) is 5.54 Å². The number of hydrogen-bond donors (Lipinski definition) is 1. The van der Waals surface area contributed by atoms with Crippen molar-refractivity contribution in [2.24, 2.45) is 0 Å². The van der Waals surface area contributed by atoms with Crippen LogP contribution < -0.4 is 5.32 Å². The van der Waals surface area contributed by atoms with E-state index >= 15 is 0 Å². The van der Waals surface area contributed by atoms with Crippen LogP contribution in [0.25, 0.3) is 0 Å². The van der Waals surface area contributed by atoms with Crippen molar-refractivity contribution < 1.29 is 4.79 Å². The number of benzene rings is 1. The quantitative estimate of drug-likeness (QED) is 0.820. The van der Waals surface area contributed by atoms with Gasteiger partial charge in [0.2, 0.25) is 5.91 Å². The zero-order valence-electron chi connectivity index (χ0n) is 17.6. The molecule has 1 amide bonds. The fourth-order valence-corrected chi connectivity index (χ4v) is 4.86. The molecule has 2 heterocycles. The summed E-state index contributed by atoms with van der Waals surface area (Å²) in [6, 6.07) is 14.5. The molecule has 1 unspecified atom stereocenters. The van der Waals surface area contributed by atoms with Gasteiger partial charge in [-0.1, -0.05) is 37.3 Å². The van der Waals surface area contributed by atoms with E-state index in [1.165, 1.54) is 11.1 Å². The molecule has 1 atom stereocenters. The highest BCUT2D eigenvalue weighted by Gasteiger charge is 2.49. The summed E-state index contributed by atoms with van der Waals surface area (Å²) < 4.78 is 0. The molecule has 154 valence electrons. The summed E-state index contributed by atoms with van der Waals surface area (Å²) in [5.74, 6) is 0.169. The van der Waals surface area contributed by atoms with E-state index in [1.54, 1.807) is 0 Å². The molecule has 1 fully saturated rings. The van der Waals surface area contributed by atoms with Crippen molar-refractivity contribution in [2.45, 2.75) is 44.7 Å². The molecule has 1 aromatic carbocycles. The van der Waals surface area contributed by atoms with Crippen LogP contribution in [0.5, 0.6) is 0 Å². The zero-order chi connectivity index (χ0) is 20.3. The lowest BCUT2D eigenvalue weighted by Crippen LogP contribution is -2.65. The molecule has 5 nitrogen and oxygen atoms in total. The number of carbonyl (C=O) groups is 1. The van der Waals surface area contributed by atoms with Crippen LogP contribution >= 0.6 is 0 Å². The van der Waals surface area contributed by atoms with E-state index in [0.717, 1.165) is 57.7 Å². The molecule has 1 N–H and O–H groups in total. The third-order valence-corrected chi connectivity index (χ3v) is 6.55. The fourth-order valence-electron chi connectivity index (χ4n) is 4.86. The molecule has 0 spiro atoms. The standard InChI is InChI=1S/C24H32N4O/c1-3-27-12-14-28(15-13-27)24(17-20-8-4-5-9-21(20)18-24)23(29)26-19(2)16-22-10-6-7-11-25-22/h4-11,19H,3,12-18H2,1-2H3,(H,26,29). The number of aromatic nitrogens is 1. The third-order valence-electron chi connectivity index (χ3n) is 6.55. The third kappa shape index (κ3) is 4.21. The second-order valence-corrected chi connectivity index (χ2v) is 8.47. The molecular weight excluding hydrogens is 360 g/mol. The van der Waals surface area contributed by atoms with E-state index in [0.29, 0.717) is 0 Å². The van der Waals surface area contributed by atoms with Crippen LogP contribution in [0.4, 0.5) is 0 Å². The lowest BCUT2D eigenvalue weighted by atomic mass is 9.90. The Hall–Kier alpha value is -2.24. The number of hydrogen-bond acceptors (Lipinski definition) is 4. The van der Waals surface area contributed by atoms with Crippen molar-refractivity contribution in [3.05, 3.63) is 65.5 Å². The molecule has 5 heteroatoms. The number of fused-ring (bicyclic) bond motifs is 1. The predicted molar refractivity (Wildman–Crippen MR) is 116 cm³/mol. The maximum absolute atomic E-state index is 13.7. The minimum absolute atomic E-state index is 0.0509. The number of amides is 1. The van der Waals surface area contributed by atoms with Gasteiger partial charge in [-0.15, -0.1) is 0 Å². The Labute approximate surface area is 174 Å². The number of piperazine rings is 1. The van der Waals surface area contributed by atoms with Crippen molar-refractivity contribution >= 4 is 5.91 Å². The molecule has 0 radical (unpaired) electrons. The summed E-state index contributed by atoms with van der Waals surface area (Å²) in [5.41, 5.74) is 3.18. The number of carbonyl (C=O) groups excluding carboxylic acids is 1. The number of nitrogens with one attached hydrogen (secondary N) is 1. The maximum Gasteiger partial charge on any atom is 0.241 e. The molecule has 29 heavy (non-hydrogen) atoms. The van der Waals surface area contributed by atoms with Crippen molar-refractivity contribution in [3.8, 4) is 0 Å². The van der Waals surface area contributed by atoms with Crippen molar-refractivity contribution in [1.29, 1.82) is 0 Å². The van der Waals surface area contributed by atoms with Gasteiger partial charge < -0.3 is 10.2 Å². The number of nitrogens with zero attached hydrogens (tertiary/aromatic N) is 3. The molecule has 1 aliphatic heterocycles. The molecule has 2 aromatic rings. The second kappa shape index (κ2) is 8.64. The lowest BCUT2D eigenvalue weighted by molar-refractivity contribution is -0.135. The van der Waals surface area contributed by atoms with Crippen LogP contribution in [-0.2, 0) is 24.1 Å². The van der Waals surface area contributed by atoms with Gasteiger partial charge in [-0.25, -0.2) is 0 Å².